The maximum absolute atomic E-state index is 6.01. The van der Waals surface area contributed by atoms with Crippen molar-refractivity contribution in [3.63, 3.8) is 0 Å². The standard InChI is InChI=1S/C14H17ClIN3O/c1-10-9-19(13-5-4-11(15)8-12(13)16)14(18-10)17-6-3-7-20-2/h4-5,8-9H,3,6-7H2,1-2H3,(H,17,18). The number of nitrogens with zero attached hydrogens (tertiary/aromatic N) is 2. The van der Waals surface area contributed by atoms with Crippen molar-refractivity contribution in [2.24, 2.45) is 0 Å². The first-order chi connectivity index (χ1) is 9.61. The van der Waals surface area contributed by atoms with E-state index in [-0.39, 0.29) is 0 Å². The lowest BCUT2D eigenvalue weighted by Gasteiger charge is -2.11. The molecule has 1 N–H and O–H groups in total. The highest BCUT2D eigenvalue weighted by Crippen LogP contribution is 2.24. The largest absolute Gasteiger partial charge is 0.385 e. The molecular weight excluding hydrogens is 389 g/mol. The molecule has 1 aromatic carbocycles. The predicted octanol–water partition coefficient (Wildman–Crippen LogP) is 3.89. The second-order valence-electron chi connectivity index (χ2n) is 4.44. The van der Waals surface area contributed by atoms with Crippen molar-refractivity contribution < 1.29 is 4.74 Å². The highest BCUT2D eigenvalue weighted by atomic mass is 127. The molecule has 0 radical (unpaired) electrons. The predicted molar refractivity (Wildman–Crippen MR) is 91.0 cm³/mol. The zero-order chi connectivity index (χ0) is 14.5. The summed E-state index contributed by atoms with van der Waals surface area (Å²) in [7, 11) is 1.71. The summed E-state index contributed by atoms with van der Waals surface area (Å²) >= 11 is 8.29. The van der Waals surface area contributed by atoms with Gasteiger partial charge in [0.05, 0.1) is 11.4 Å². The number of benzene rings is 1. The molecule has 0 unspecified atom stereocenters. The van der Waals surface area contributed by atoms with Crippen molar-refractivity contribution in [1.82, 2.24) is 9.55 Å². The van der Waals surface area contributed by atoms with Crippen LogP contribution in [-0.4, -0.2) is 29.8 Å². The number of ether oxygens (including phenoxy) is 1. The Morgan fingerprint density at radius 1 is 1.45 bits per heavy atom. The van der Waals surface area contributed by atoms with Gasteiger partial charge in [-0.05, 0) is 54.1 Å². The molecule has 0 bridgehead atoms. The summed E-state index contributed by atoms with van der Waals surface area (Å²) in [5, 5.41) is 4.09. The molecule has 0 saturated heterocycles. The van der Waals surface area contributed by atoms with E-state index in [1.807, 2.05) is 31.3 Å². The van der Waals surface area contributed by atoms with E-state index in [2.05, 4.69) is 37.5 Å². The minimum atomic E-state index is 0.740. The molecule has 108 valence electrons. The third-order valence-electron chi connectivity index (χ3n) is 2.80. The van der Waals surface area contributed by atoms with Gasteiger partial charge >= 0.3 is 0 Å². The van der Waals surface area contributed by atoms with Gasteiger partial charge < -0.3 is 10.1 Å². The molecule has 20 heavy (non-hydrogen) atoms. The van der Waals surface area contributed by atoms with Gasteiger partial charge in [-0.1, -0.05) is 11.6 Å². The van der Waals surface area contributed by atoms with E-state index >= 15 is 0 Å². The fourth-order valence-corrected chi connectivity index (χ4v) is 3.03. The van der Waals surface area contributed by atoms with Gasteiger partial charge in [-0.15, -0.1) is 0 Å². The maximum Gasteiger partial charge on any atom is 0.207 e. The number of methoxy groups -OCH3 is 1. The first kappa shape index (κ1) is 15.6. The lowest BCUT2D eigenvalue weighted by atomic mass is 10.3. The van der Waals surface area contributed by atoms with Crippen molar-refractivity contribution in [2.45, 2.75) is 13.3 Å². The van der Waals surface area contributed by atoms with Crippen molar-refractivity contribution in [1.29, 1.82) is 0 Å². The summed E-state index contributed by atoms with van der Waals surface area (Å²) in [6.45, 7) is 3.55. The quantitative estimate of drug-likeness (QED) is 0.585. The number of nitrogens with one attached hydrogen (secondary N) is 1. The lowest BCUT2D eigenvalue weighted by Crippen LogP contribution is -2.10. The number of halogens is 2. The number of aromatic nitrogens is 2. The molecule has 4 nitrogen and oxygen atoms in total. The third kappa shape index (κ3) is 3.86. The monoisotopic (exact) mass is 405 g/mol. The summed E-state index contributed by atoms with van der Waals surface area (Å²) < 4.78 is 8.20. The van der Waals surface area contributed by atoms with Crippen LogP contribution in [0.1, 0.15) is 12.1 Å². The van der Waals surface area contributed by atoms with Gasteiger partial charge in [0, 0.05) is 35.1 Å². The molecule has 1 aromatic heterocycles. The van der Waals surface area contributed by atoms with E-state index < -0.39 is 0 Å². The van der Waals surface area contributed by atoms with Crippen molar-refractivity contribution in [2.75, 3.05) is 25.6 Å². The Kier molecular flexibility index (Phi) is 5.68. The summed E-state index contributed by atoms with van der Waals surface area (Å²) in [4.78, 5) is 4.52. The van der Waals surface area contributed by atoms with Gasteiger partial charge in [-0.3, -0.25) is 4.57 Å². The van der Waals surface area contributed by atoms with E-state index in [1.165, 1.54) is 0 Å². The third-order valence-corrected chi connectivity index (χ3v) is 3.90. The second-order valence-corrected chi connectivity index (χ2v) is 6.04. The number of rotatable bonds is 6. The highest BCUT2D eigenvalue weighted by molar-refractivity contribution is 14.1. The minimum Gasteiger partial charge on any atom is -0.385 e. The molecule has 6 heteroatoms. The van der Waals surface area contributed by atoms with E-state index in [9.17, 15) is 0 Å². The Balaban J connectivity index is 2.22. The molecule has 0 spiro atoms. The molecule has 2 rings (SSSR count). The smallest absolute Gasteiger partial charge is 0.207 e. The number of aryl methyl sites for hydroxylation is 1. The van der Waals surface area contributed by atoms with Crippen LogP contribution in [0, 0.1) is 10.5 Å². The highest BCUT2D eigenvalue weighted by Gasteiger charge is 2.10. The molecule has 0 fully saturated rings. The minimum absolute atomic E-state index is 0.740. The Bertz CT molecular complexity index is 586. The molecule has 2 aromatic rings. The first-order valence-electron chi connectivity index (χ1n) is 6.36. The molecule has 0 aliphatic carbocycles. The Morgan fingerprint density at radius 2 is 2.25 bits per heavy atom. The van der Waals surface area contributed by atoms with E-state index in [0.29, 0.717) is 0 Å². The fourth-order valence-electron chi connectivity index (χ4n) is 1.90. The molecule has 1 heterocycles. The number of anilines is 1. The van der Waals surface area contributed by atoms with Gasteiger partial charge in [0.1, 0.15) is 0 Å². The van der Waals surface area contributed by atoms with E-state index in [1.54, 1.807) is 7.11 Å². The molecule has 0 saturated carbocycles. The van der Waals surface area contributed by atoms with Gasteiger partial charge in [0.15, 0.2) is 0 Å². The average molecular weight is 406 g/mol. The van der Waals surface area contributed by atoms with Crippen LogP contribution in [0.5, 0.6) is 0 Å². The summed E-state index contributed by atoms with van der Waals surface area (Å²) in [5.41, 5.74) is 2.05. The zero-order valence-electron chi connectivity index (χ0n) is 11.5. The summed E-state index contributed by atoms with van der Waals surface area (Å²) in [6.07, 6.45) is 2.96. The molecular formula is C14H17ClIN3O. The van der Waals surface area contributed by atoms with Crippen molar-refractivity contribution >= 4 is 40.1 Å². The molecule has 0 aliphatic heterocycles. The normalized spacial score (nSPS) is 10.8. The van der Waals surface area contributed by atoms with Crippen LogP contribution in [0.3, 0.4) is 0 Å². The van der Waals surface area contributed by atoms with Crippen LogP contribution >= 0.6 is 34.2 Å². The van der Waals surface area contributed by atoms with Crippen molar-refractivity contribution in [3.8, 4) is 5.69 Å². The van der Waals surface area contributed by atoms with Crippen molar-refractivity contribution in [3.05, 3.63) is 38.7 Å². The van der Waals surface area contributed by atoms with Crippen LogP contribution in [0.25, 0.3) is 5.69 Å². The number of hydrogen-bond donors (Lipinski definition) is 1. The van der Waals surface area contributed by atoms with Gasteiger partial charge in [0.25, 0.3) is 0 Å². The lowest BCUT2D eigenvalue weighted by molar-refractivity contribution is 0.197. The van der Waals surface area contributed by atoms with E-state index in [0.717, 1.165) is 45.5 Å². The molecule has 0 atom stereocenters. The zero-order valence-corrected chi connectivity index (χ0v) is 14.4. The maximum atomic E-state index is 6.01. The van der Waals surface area contributed by atoms with Gasteiger partial charge in [-0.2, -0.15) is 0 Å². The first-order valence-corrected chi connectivity index (χ1v) is 7.81. The Hall–Kier alpha value is -0.790. The van der Waals surface area contributed by atoms with E-state index in [4.69, 9.17) is 16.3 Å². The SMILES string of the molecule is COCCCNc1nc(C)cn1-c1ccc(Cl)cc1I. The van der Waals surface area contributed by atoms with Crippen LogP contribution in [-0.2, 0) is 4.74 Å². The number of hydrogen-bond acceptors (Lipinski definition) is 3. The topological polar surface area (TPSA) is 39.1 Å². The Labute approximate surface area is 137 Å². The van der Waals surface area contributed by atoms with Gasteiger partial charge in [-0.25, -0.2) is 4.98 Å². The summed E-state index contributed by atoms with van der Waals surface area (Å²) in [5.74, 6) is 0.846. The average Bonchev–Trinajstić information content (AvgIpc) is 2.76. The van der Waals surface area contributed by atoms with Crippen LogP contribution in [0.15, 0.2) is 24.4 Å². The number of imidazole rings is 1. The fraction of sp³-hybridized carbons (Fsp3) is 0.357. The Morgan fingerprint density at radius 3 is 2.95 bits per heavy atom. The van der Waals surface area contributed by atoms with Crippen LogP contribution < -0.4 is 5.32 Å². The second kappa shape index (κ2) is 7.28. The van der Waals surface area contributed by atoms with Crippen LogP contribution in [0.4, 0.5) is 5.95 Å². The molecule has 0 amide bonds. The van der Waals surface area contributed by atoms with Gasteiger partial charge in [0.2, 0.25) is 5.95 Å². The van der Waals surface area contributed by atoms with Crippen LogP contribution in [0.2, 0.25) is 5.02 Å². The summed E-state index contributed by atoms with van der Waals surface area (Å²) in [6, 6.07) is 5.84. The molecule has 0 aliphatic rings.